The van der Waals surface area contributed by atoms with E-state index in [0.717, 1.165) is 36.4 Å². The molecule has 1 aliphatic rings. The van der Waals surface area contributed by atoms with Crippen LogP contribution in [0.3, 0.4) is 0 Å². The van der Waals surface area contributed by atoms with Gasteiger partial charge in [0.15, 0.2) is 11.5 Å². The van der Waals surface area contributed by atoms with Crippen molar-refractivity contribution < 1.29 is 0 Å². The number of aromatic nitrogens is 3. The van der Waals surface area contributed by atoms with Crippen molar-refractivity contribution >= 4 is 5.65 Å². The predicted molar refractivity (Wildman–Crippen MR) is 66.6 cm³/mol. The van der Waals surface area contributed by atoms with Gasteiger partial charge in [-0.25, -0.2) is 9.50 Å². The van der Waals surface area contributed by atoms with Crippen molar-refractivity contribution in [2.24, 2.45) is 11.7 Å². The van der Waals surface area contributed by atoms with Crippen LogP contribution in [0.2, 0.25) is 0 Å². The average molecular weight is 230 g/mol. The van der Waals surface area contributed by atoms with Crippen molar-refractivity contribution in [1.82, 2.24) is 14.6 Å². The molecule has 0 atom stereocenters. The number of nitrogens with two attached hydrogens (primary N) is 1. The molecule has 0 aromatic carbocycles. The van der Waals surface area contributed by atoms with E-state index < -0.39 is 0 Å². The maximum Gasteiger partial charge on any atom is 0.156 e. The molecule has 0 unspecified atom stereocenters. The first kappa shape index (κ1) is 10.7. The molecule has 4 nitrogen and oxygen atoms in total. The predicted octanol–water partition coefficient (Wildman–Crippen LogP) is 1.88. The Morgan fingerprint density at radius 1 is 1.41 bits per heavy atom. The quantitative estimate of drug-likeness (QED) is 0.875. The Bertz CT molecular complexity index is 552. The summed E-state index contributed by atoms with van der Waals surface area (Å²) in [4.78, 5) is 4.55. The molecule has 1 fully saturated rings. The smallest absolute Gasteiger partial charge is 0.156 e. The minimum absolute atomic E-state index is 0.164. The molecule has 0 radical (unpaired) electrons. The second-order valence-corrected chi connectivity index (χ2v) is 5.46. The fourth-order valence-corrected chi connectivity index (χ4v) is 2.17. The van der Waals surface area contributed by atoms with E-state index in [2.05, 4.69) is 30.0 Å². The zero-order valence-corrected chi connectivity index (χ0v) is 10.3. The first-order chi connectivity index (χ1) is 8.08. The van der Waals surface area contributed by atoms with Crippen LogP contribution in [0, 0.1) is 5.92 Å². The molecule has 3 rings (SSSR count). The highest BCUT2D eigenvalue weighted by Gasteiger charge is 2.42. The van der Waals surface area contributed by atoms with Gasteiger partial charge in [0, 0.05) is 6.42 Å². The maximum atomic E-state index is 6.26. The van der Waals surface area contributed by atoms with Crippen LogP contribution in [0.4, 0.5) is 0 Å². The van der Waals surface area contributed by atoms with Gasteiger partial charge in [-0.15, -0.1) is 0 Å². The molecular weight excluding hydrogens is 212 g/mol. The lowest BCUT2D eigenvalue weighted by atomic mass is 10.1. The van der Waals surface area contributed by atoms with Gasteiger partial charge in [0.1, 0.15) is 0 Å². The van der Waals surface area contributed by atoms with Crippen molar-refractivity contribution in [3.05, 3.63) is 29.7 Å². The van der Waals surface area contributed by atoms with Gasteiger partial charge in [-0.05, 0) is 30.9 Å². The summed E-state index contributed by atoms with van der Waals surface area (Å²) in [6, 6.07) is 6.07. The molecule has 2 aromatic rings. The zero-order chi connectivity index (χ0) is 12.0. The van der Waals surface area contributed by atoms with Crippen LogP contribution in [0.5, 0.6) is 0 Å². The molecule has 1 aliphatic carbocycles. The van der Waals surface area contributed by atoms with E-state index in [1.165, 1.54) is 0 Å². The standard InChI is InChI=1S/C13H18N4/c1-9(2)8-11-15-12-5-3-4-10(17(12)16-11)13(14)6-7-13/h3-5,9H,6-8,14H2,1-2H3. The van der Waals surface area contributed by atoms with Gasteiger partial charge < -0.3 is 5.73 Å². The molecule has 2 heterocycles. The van der Waals surface area contributed by atoms with Crippen molar-refractivity contribution in [1.29, 1.82) is 0 Å². The van der Waals surface area contributed by atoms with Crippen molar-refractivity contribution in [3.63, 3.8) is 0 Å². The zero-order valence-electron chi connectivity index (χ0n) is 10.3. The van der Waals surface area contributed by atoms with E-state index in [9.17, 15) is 0 Å². The third-order valence-corrected chi connectivity index (χ3v) is 3.29. The van der Waals surface area contributed by atoms with Crippen LogP contribution in [-0.2, 0) is 12.0 Å². The number of fused-ring (bicyclic) bond motifs is 1. The van der Waals surface area contributed by atoms with E-state index >= 15 is 0 Å². The van der Waals surface area contributed by atoms with E-state index in [1.807, 2.05) is 16.6 Å². The Hall–Kier alpha value is -1.42. The Morgan fingerprint density at radius 2 is 2.18 bits per heavy atom. The molecule has 0 amide bonds. The van der Waals surface area contributed by atoms with Crippen LogP contribution in [0.25, 0.3) is 5.65 Å². The van der Waals surface area contributed by atoms with Crippen LogP contribution >= 0.6 is 0 Å². The SMILES string of the molecule is CC(C)Cc1nc2cccc(C3(N)CC3)n2n1. The largest absolute Gasteiger partial charge is 0.320 e. The molecule has 0 spiro atoms. The Kier molecular flexibility index (Phi) is 2.23. The summed E-state index contributed by atoms with van der Waals surface area (Å²) in [6.45, 7) is 4.36. The van der Waals surface area contributed by atoms with Crippen LogP contribution in [0.1, 0.15) is 38.2 Å². The Labute approximate surface area is 101 Å². The van der Waals surface area contributed by atoms with Crippen LogP contribution in [-0.4, -0.2) is 14.6 Å². The molecule has 1 saturated carbocycles. The summed E-state index contributed by atoms with van der Waals surface area (Å²) in [6.07, 6.45) is 3.01. The van der Waals surface area contributed by atoms with Crippen molar-refractivity contribution in [3.8, 4) is 0 Å². The van der Waals surface area contributed by atoms with Crippen LogP contribution < -0.4 is 5.73 Å². The lowest BCUT2D eigenvalue weighted by Crippen LogP contribution is -2.22. The Balaban J connectivity index is 2.09. The first-order valence-corrected chi connectivity index (χ1v) is 6.22. The fraction of sp³-hybridized carbons (Fsp3) is 0.538. The van der Waals surface area contributed by atoms with E-state index in [4.69, 9.17) is 5.73 Å². The van der Waals surface area contributed by atoms with E-state index in [1.54, 1.807) is 0 Å². The summed E-state index contributed by atoms with van der Waals surface area (Å²) in [5, 5.41) is 4.58. The van der Waals surface area contributed by atoms with E-state index in [-0.39, 0.29) is 5.54 Å². The lowest BCUT2D eigenvalue weighted by molar-refractivity contribution is 0.611. The number of hydrogen-bond acceptors (Lipinski definition) is 3. The van der Waals surface area contributed by atoms with Gasteiger partial charge in [-0.2, -0.15) is 5.10 Å². The van der Waals surface area contributed by atoms with Gasteiger partial charge in [0.25, 0.3) is 0 Å². The second-order valence-electron chi connectivity index (χ2n) is 5.46. The monoisotopic (exact) mass is 230 g/mol. The molecule has 2 aromatic heterocycles. The summed E-state index contributed by atoms with van der Waals surface area (Å²) in [5.74, 6) is 1.49. The molecule has 2 N–H and O–H groups in total. The molecule has 90 valence electrons. The molecular formula is C13H18N4. The first-order valence-electron chi connectivity index (χ1n) is 6.22. The molecule has 0 saturated heterocycles. The van der Waals surface area contributed by atoms with Gasteiger partial charge >= 0.3 is 0 Å². The number of nitrogens with zero attached hydrogens (tertiary/aromatic N) is 3. The van der Waals surface area contributed by atoms with Gasteiger partial charge in [0.05, 0.1) is 11.2 Å². The summed E-state index contributed by atoms with van der Waals surface area (Å²) in [5.41, 5.74) is 8.10. The second kappa shape index (κ2) is 3.53. The third kappa shape index (κ3) is 1.82. The van der Waals surface area contributed by atoms with Crippen molar-refractivity contribution in [2.45, 2.75) is 38.6 Å². The summed E-state index contributed by atoms with van der Waals surface area (Å²) >= 11 is 0. The van der Waals surface area contributed by atoms with Gasteiger partial charge in [-0.3, -0.25) is 0 Å². The molecule has 0 aliphatic heterocycles. The lowest BCUT2D eigenvalue weighted by Gasteiger charge is -2.09. The molecule has 4 heteroatoms. The number of hydrogen-bond donors (Lipinski definition) is 1. The van der Waals surface area contributed by atoms with Gasteiger partial charge in [0.2, 0.25) is 0 Å². The average Bonchev–Trinajstić information content (AvgIpc) is 2.88. The molecule has 17 heavy (non-hydrogen) atoms. The van der Waals surface area contributed by atoms with Crippen LogP contribution in [0.15, 0.2) is 18.2 Å². The number of rotatable bonds is 3. The maximum absolute atomic E-state index is 6.26. The minimum Gasteiger partial charge on any atom is -0.320 e. The fourth-order valence-electron chi connectivity index (χ4n) is 2.17. The minimum atomic E-state index is -0.164. The highest BCUT2D eigenvalue weighted by molar-refractivity contribution is 5.41. The Morgan fingerprint density at radius 3 is 2.82 bits per heavy atom. The van der Waals surface area contributed by atoms with E-state index in [0.29, 0.717) is 5.92 Å². The normalized spacial score (nSPS) is 17.9. The highest BCUT2D eigenvalue weighted by Crippen LogP contribution is 2.42. The third-order valence-electron chi connectivity index (χ3n) is 3.29. The summed E-state index contributed by atoms with van der Waals surface area (Å²) in [7, 11) is 0. The number of pyridine rings is 1. The van der Waals surface area contributed by atoms with Gasteiger partial charge in [-0.1, -0.05) is 19.9 Å². The summed E-state index contributed by atoms with van der Waals surface area (Å²) < 4.78 is 1.92. The topological polar surface area (TPSA) is 56.2 Å². The molecule has 0 bridgehead atoms. The highest BCUT2D eigenvalue weighted by atomic mass is 15.3. The van der Waals surface area contributed by atoms with Crippen molar-refractivity contribution in [2.75, 3.05) is 0 Å².